The highest BCUT2D eigenvalue weighted by Gasteiger charge is 2.37. The number of ketones is 1. The van der Waals surface area contributed by atoms with Gasteiger partial charge in [-0.3, -0.25) is 4.79 Å². The van der Waals surface area contributed by atoms with Crippen molar-refractivity contribution in [2.24, 2.45) is 0 Å². The summed E-state index contributed by atoms with van der Waals surface area (Å²) in [6.45, 7) is 2.08. The van der Waals surface area contributed by atoms with Crippen LogP contribution in [0.1, 0.15) is 38.5 Å². The zero-order chi connectivity index (χ0) is 23.8. The molecule has 6 rings (SSSR count). The first-order valence-electron chi connectivity index (χ1n) is 11.9. The highest BCUT2D eigenvalue weighted by Crippen LogP contribution is 2.49. The van der Waals surface area contributed by atoms with Crippen LogP contribution in [0.4, 0.5) is 0 Å². The molecule has 1 unspecified atom stereocenters. The van der Waals surface area contributed by atoms with Gasteiger partial charge in [-0.05, 0) is 29.3 Å². The van der Waals surface area contributed by atoms with Crippen molar-refractivity contribution < 1.29 is 9.53 Å². The molecular formula is C33H24O2. The zero-order valence-corrected chi connectivity index (χ0v) is 19.4. The number of rotatable bonds is 4. The van der Waals surface area contributed by atoms with Crippen molar-refractivity contribution in [3.63, 3.8) is 0 Å². The molecule has 0 N–H and O–H groups in total. The Morgan fingerprint density at radius 1 is 0.686 bits per heavy atom. The van der Waals surface area contributed by atoms with Crippen LogP contribution in [0.5, 0.6) is 5.75 Å². The summed E-state index contributed by atoms with van der Waals surface area (Å²) in [7, 11) is 0. The summed E-state index contributed by atoms with van der Waals surface area (Å²) >= 11 is 0. The number of Topliss-reactive ketones (excluding diaryl/α,β-unsaturated/α-hetero) is 1. The van der Waals surface area contributed by atoms with Gasteiger partial charge in [0.05, 0.1) is 5.57 Å². The first-order valence-corrected chi connectivity index (χ1v) is 11.9. The Balaban J connectivity index is 1.70. The molecular weight excluding hydrogens is 428 g/mol. The van der Waals surface area contributed by atoms with E-state index in [9.17, 15) is 4.79 Å². The fraction of sp³-hybridized carbons (Fsp3) is 0.0606. The van der Waals surface area contributed by atoms with Crippen LogP contribution in [0, 0.1) is 6.92 Å². The number of aryl methyl sites for hydroxylation is 1. The largest absolute Gasteiger partial charge is 0.456 e. The van der Waals surface area contributed by atoms with Gasteiger partial charge in [0.15, 0.2) is 5.78 Å². The van der Waals surface area contributed by atoms with Gasteiger partial charge in [0, 0.05) is 22.6 Å². The molecule has 168 valence electrons. The average Bonchev–Trinajstić information content (AvgIpc) is 2.93. The summed E-state index contributed by atoms with van der Waals surface area (Å²) in [6, 6.07) is 40.4. The Morgan fingerprint density at radius 3 is 2.09 bits per heavy atom. The molecule has 0 radical (unpaired) electrons. The van der Waals surface area contributed by atoms with E-state index in [4.69, 9.17) is 4.74 Å². The number of hydrogen-bond donors (Lipinski definition) is 0. The molecule has 35 heavy (non-hydrogen) atoms. The normalized spacial score (nSPS) is 14.9. The number of benzene rings is 5. The Morgan fingerprint density at radius 2 is 1.34 bits per heavy atom. The standard InChI is InChI=1S/C33H24O2/c1-22-16-18-24(19-17-22)29-30-27-15-9-8-10-23(27)20-21-28(30)35-33(26-13-6-3-7-14-26)31(29)32(34)25-11-4-2-5-12-25/h2-21,29H,1H3. The van der Waals surface area contributed by atoms with E-state index in [1.165, 1.54) is 5.56 Å². The van der Waals surface area contributed by atoms with Crippen molar-refractivity contribution in [1.82, 2.24) is 0 Å². The quantitative estimate of drug-likeness (QED) is 0.259. The van der Waals surface area contributed by atoms with Crippen molar-refractivity contribution in [2.75, 3.05) is 0 Å². The van der Waals surface area contributed by atoms with E-state index < -0.39 is 0 Å². The van der Waals surface area contributed by atoms with E-state index in [0.29, 0.717) is 16.9 Å². The lowest BCUT2D eigenvalue weighted by atomic mass is 9.76. The lowest BCUT2D eigenvalue weighted by molar-refractivity contribution is 0.102. The van der Waals surface area contributed by atoms with E-state index >= 15 is 0 Å². The summed E-state index contributed by atoms with van der Waals surface area (Å²) in [5.74, 6) is 1.12. The molecule has 1 heterocycles. The van der Waals surface area contributed by atoms with Gasteiger partial charge in [-0.1, -0.05) is 121 Å². The highest BCUT2D eigenvalue weighted by molar-refractivity contribution is 6.15. The first-order chi connectivity index (χ1) is 17.2. The van der Waals surface area contributed by atoms with Crippen LogP contribution in [-0.4, -0.2) is 5.78 Å². The van der Waals surface area contributed by atoms with Gasteiger partial charge < -0.3 is 4.74 Å². The van der Waals surface area contributed by atoms with Gasteiger partial charge in [-0.2, -0.15) is 0 Å². The number of carbonyl (C=O) groups excluding carboxylic acids is 1. The predicted molar refractivity (Wildman–Crippen MR) is 142 cm³/mol. The van der Waals surface area contributed by atoms with Gasteiger partial charge in [-0.25, -0.2) is 0 Å². The third kappa shape index (κ3) is 3.74. The van der Waals surface area contributed by atoms with Gasteiger partial charge in [0.1, 0.15) is 11.5 Å². The molecule has 0 spiro atoms. The third-order valence-corrected chi connectivity index (χ3v) is 6.69. The summed E-state index contributed by atoms with van der Waals surface area (Å²) in [5, 5.41) is 2.22. The van der Waals surface area contributed by atoms with Crippen LogP contribution in [0.15, 0.2) is 127 Å². The van der Waals surface area contributed by atoms with Crippen molar-refractivity contribution in [3.05, 3.63) is 155 Å². The third-order valence-electron chi connectivity index (χ3n) is 6.69. The molecule has 2 heteroatoms. The second kappa shape index (κ2) is 8.73. The van der Waals surface area contributed by atoms with Crippen LogP contribution in [0.2, 0.25) is 0 Å². The number of hydrogen-bond acceptors (Lipinski definition) is 2. The van der Waals surface area contributed by atoms with Crippen LogP contribution in [0.25, 0.3) is 16.5 Å². The Labute approximate surface area is 205 Å². The minimum Gasteiger partial charge on any atom is -0.456 e. The number of carbonyl (C=O) groups is 1. The number of ether oxygens (including phenoxy) is 1. The predicted octanol–water partition coefficient (Wildman–Crippen LogP) is 7.97. The smallest absolute Gasteiger partial charge is 0.193 e. The summed E-state index contributed by atoms with van der Waals surface area (Å²) in [6.07, 6.45) is 0. The van der Waals surface area contributed by atoms with Gasteiger partial charge in [0.25, 0.3) is 0 Å². The summed E-state index contributed by atoms with van der Waals surface area (Å²) in [4.78, 5) is 14.2. The average molecular weight is 453 g/mol. The van der Waals surface area contributed by atoms with Crippen LogP contribution in [0.3, 0.4) is 0 Å². The minimum absolute atomic E-state index is 0.0198. The van der Waals surface area contributed by atoms with Crippen LogP contribution in [-0.2, 0) is 0 Å². The molecule has 1 aliphatic rings. The molecule has 1 aliphatic heterocycles. The van der Waals surface area contributed by atoms with E-state index in [0.717, 1.165) is 33.2 Å². The highest BCUT2D eigenvalue weighted by atomic mass is 16.5. The molecule has 0 amide bonds. The second-order valence-electron chi connectivity index (χ2n) is 8.95. The lowest BCUT2D eigenvalue weighted by Gasteiger charge is -2.32. The Kier molecular flexibility index (Phi) is 5.27. The summed E-state index contributed by atoms with van der Waals surface area (Å²) in [5.41, 5.74) is 5.50. The lowest BCUT2D eigenvalue weighted by Crippen LogP contribution is -2.22. The number of fused-ring (bicyclic) bond motifs is 3. The first kappa shape index (κ1) is 21.1. The van der Waals surface area contributed by atoms with Crippen LogP contribution >= 0.6 is 0 Å². The molecule has 0 aromatic heterocycles. The Bertz CT molecular complexity index is 1560. The molecule has 0 aliphatic carbocycles. The summed E-state index contributed by atoms with van der Waals surface area (Å²) < 4.78 is 6.62. The van der Waals surface area contributed by atoms with Gasteiger partial charge in [0.2, 0.25) is 0 Å². The monoisotopic (exact) mass is 452 g/mol. The van der Waals surface area contributed by atoms with Crippen molar-refractivity contribution in [2.45, 2.75) is 12.8 Å². The fourth-order valence-corrected chi connectivity index (χ4v) is 4.98. The molecule has 0 bridgehead atoms. The van der Waals surface area contributed by atoms with E-state index in [1.54, 1.807) is 0 Å². The Hall–Kier alpha value is -4.43. The molecule has 5 aromatic rings. The van der Waals surface area contributed by atoms with Gasteiger partial charge >= 0.3 is 0 Å². The van der Waals surface area contributed by atoms with Crippen LogP contribution < -0.4 is 4.74 Å². The van der Waals surface area contributed by atoms with E-state index in [2.05, 4.69) is 49.4 Å². The SMILES string of the molecule is Cc1ccc(C2C(C(=O)c3ccccc3)=C(c3ccccc3)Oc3ccc4ccccc4c32)cc1. The molecule has 0 saturated carbocycles. The zero-order valence-electron chi connectivity index (χ0n) is 19.4. The fourth-order valence-electron chi connectivity index (χ4n) is 4.98. The molecule has 2 nitrogen and oxygen atoms in total. The van der Waals surface area contributed by atoms with Gasteiger partial charge in [-0.15, -0.1) is 0 Å². The van der Waals surface area contributed by atoms with E-state index in [-0.39, 0.29) is 11.7 Å². The maximum atomic E-state index is 14.2. The van der Waals surface area contributed by atoms with E-state index in [1.807, 2.05) is 78.9 Å². The minimum atomic E-state index is -0.270. The molecule has 0 fully saturated rings. The topological polar surface area (TPSA) is 26.3 Å². The molecule has 5 aromatic carbocycles. The molecule has 1 atom stereocenters. The van der Waals surface area contributed by atoms with Crippen molar-refractivity contribution in [1.29, 1.82) is 0 Å². The maximum absolute atomic E-state index is 14.2. The maximum Gasteiger partial charge on any atom is 0.193 e. The second-order valence-corrected chi connectivity index (χ2v) is 8.95. The number of allylic oxidation sites excluding steroid dienone is 1. The van der Waals surface area contributed by atoms with Crippen molar-refractivity contribution in [3.8, 4) is 5.75 Å². The molecule has 0 saturated heterocycles. The van der Waals surface area contributed by atoms with Crippen molar-refractivity contribution >= 4 is 22.3 Å².